The minimum Gasteiger partial charge on any atom is -0.394 e. The molecule has 0 aliphatic rings. The van der Waals surface area contributed by atoms with Crippen molar-refractivity contribution in [3.05, 3.63) is 0 Å². The van der Waals surface area contributed by atoms with Crippen molar-refractivity contribution in [2.24, 2.45) is 0 Å². The molecule has 0 aromatic carbocycles. The molecular weight excluding hydrogens is 285 g/mol. The fourth-order valence-corrected chi connectivity index (χ4v) is 1.83. The van der Waals surface area contributed by atoms with E-state index in [1.807, 2.05) is 5.32 Å². The van der Waals surface area contributed by atoms with Crippen molar-refractivity contribution in [1.29, 1.82) is 0 Å². The number of hydrogen-bond acceptors (Lipinski definition) is 7. The molecule has 0 aliphatic heterocycles. The number of phosphoric acid groups is 1. The third kappa shape index (κ3) is 6.73. The van der Waals surface area contributed by atoms with Crippen LogP contribution in [0.4, 0.5) is 0 Å². The zero-order valence-electron chi connectivity index (χ0n) is 9.91. The van der Waals surface area contributed by atoms with Crippen molar-refractivity contribution in [1.82, 2.24) is 5.32 Å². The number of nitrogens with one attached hydrogen (secondary N) is 1. The minimum atomic E-state index is -5.10. The van der Waals surface area contributed by atoms with Crippen LogP contribution in [0.25, 0.3) is 0 Å². The Morgan fingerprint density at radius 2 is 1.95 bits per heavy atom. The zero-order chi connectivity index (χ0) is 15.2. The van der Waals surface area contributed by atoms with E-state index in [4.69, 9.17) is 14.9 Å². The highest BCUT2D eigenvalue weighted by molar-refractivity contribution is 7.46. The number of rotatable bonds is 8. The first-order valence-electron chi connectivity index (χ1n) is 5.05. The lowest BCUT2D eigenvalue weighted by Gasteiger charge is -2.29. The molecule has 0 aromatic heterocycles. The quantitative estimate of drug-likeness (QED) is 0.200. The molecule has 0 saturated heterocycles. The molecule has 112 valence electrons. The molecular formula is C8H16NO9P. The lowest BCUT2D eigenvalue weighted by atomic mass is 10.0. The van der Waals surface area contributed by atoms with E-state index in [0.717, 1.165) is 6.92 Å². The molecule has 0 fully saturated rings. The molecule has 0 rings (SSSR count). The highest BCUT2D eigenvalue weighted by Crippen LogP contribution is 2.39. The van der Waals surface area contributed by atoms with Crippen LogP contribution in [-0.4, -0.2) is 68.3 Å². The summed E-state index contributed by atoms with van der Waals surface area (Å²) in [4.78, 5) is 39.0. The summed E-state index contributed by atoms with van der Waals surface area (Å²) in [5.41, 5.74) is 0. The van der Waals surface area contributed by atoms with Crippen molar-refractivity contribution < 1.29 is 43.8 Å². The van der Waals surface area contributed by atoms with Crippen LogP contribution >= 0.6 is 7.82 Å². The Kier molecular flexibility index (Phi) is 7.30. The van der Waals surface area contributed by atoms with Crippen LogP contribution in [0.3, 0.4) is 0 Å². The van der Waals surface area contributed by atoms with Gasteiger partial charge in [-0.05, 0) is 0 Å². The van der Waals surface area contributed by atoms with Gasteiger partial charge in [0.2, 0.25) is 5.91 Å². The fraction of sp³-hybridized carbons (Fsp3) is 0.750. The summed E-state index contributed by atoms with van der Waals surface area (Å²) in [5, 5.41) is 29.4. The normalized spacial score (nSPS) is 18.2. The molecule has 0 unspecified atom stereocenters. The van der Waals surface area contributed by atoms with Crippen LogP contribution in [0.5, 0.6) is 0 Å². The lowest BCUT2D eigenvalue weighted by Crippen LogP contribution is -2.54. The predicted octanol–water partition coefficient (Wildman–Crippen LogP) is -3.12. The number of phosphoric ester groups is 1. The van der Waals surface area contributed by atoms with E-state index in [-0.39, 0.29) is 6.29 Å². The molecule has 0 heterocycles. The van der Waals surface area contributed by atoms with Gasteiger partial charge in [0.05, 0.1) is 6.61 Å². The fourth-order valence-electron chi connectivity index (χ4n) is 1.25. The molecule has 0 aromatic rings. The van der Waals surface area contributed by atoms with Crippen LogP contribution in [0.1, 0.15) is 6.92 Å². The van der Waals surface area contributed by atoms with Crippen LogP contribution in [0.15, 0.2) is 0 Å². The highest BCUT2D eigenvalue weighted by atomic mass is 31.2. The van der Waals surface area contributed by atoms with E-state index in [0.29, 0.717) is 0 Å². The maximum atomic E-state index is 10.8. The Labute approximate surface area is 108 Å². The molecule has 0 aliphatic carbocycles. The smallest absolute Gasteiger partial charge is 0.394 e. The van der Waals surface area contributed by atoms with Gasteiger partial charge in [-0.2, -0.15) is 0 Å². The van der Waals surface area contributed by atoms with Crippen LogP contribution in [0.2, 0.25) is 0 Å². The molecule has 6 N–H and O–H groups in total. The van der Waals surface area contributed by atoms with Crippen LogP contribution in [0, 0.1) is 0 Å². The first-order chi connectivity index (χ1) is 8.62. The number of hydrogen-bond donors (Lipinski definition) is 6. The van der Waals surface area contributed by atoms with Crippen LogP contribution < -0.4 is 5.32 Å². The van der Waals surface area contributed by atoms with E-state index in [1.165, 1.54) is 0 Å². The van der Waals surface area contributed by atoms with Crippen molar-refractivity contribution in [3.8, 4) is 0 Å². The average molecular weight is 301 g/mol. The van der Waals surface area contributed by atoms with Crippen LogP contribution in [-0.2, 0) is 18.7 Å². The summed E-state index contributed by atoms with van der Waals surface area (Å²) in [6.45, 7) is 0.0910. The second-order valence-electron chi connectivity index (χ2n) is 3.66. The van der Waals surface area contributed by atoms with Crippen molar-refractivity contribution in [3.63, 3.8) is 0 Å². The third-order valence-electron chi connectivity index (χ3n) is 2.05. The number of aliphatic hydroxyl groups excluding tert-OH is 3. The summed E-state index contributed by atoms with van der Waals surface area (Å²) >= 11 is 0. The van der Waals surface area contributed by atoms with E-state index < -0.39 is 44.7 Å². The monoisotopic (exact) mass is 301 g/mol. The van der Waals surface area contributed by atoms with Crippen molar-refractivity contribution in [2.75, 3.05) is 6.61 Å². The molecule has 11 heteroatoms. The molecule has 1 amide bonds. The Morgan fingerprint density at radius 1 is 1.42 bits per heavy atom. The van der Waals surface area contributed by atoms with Gasteiger partial charge in [-0.1, -0.05) is 0 Å². The Bertz CT molecular complexity index is 356. The first kappa shape index (κ1) is 18.1. The second kappa shape index (κ2) is 7.65. The summed E-state index contributed by atoms with van der Waals surface area (Å²) in [6, 6.07) is -1.61. The van der Waals surface area contributed by atoms with Crippen molar-refractivity contribution in [2.45, 2.75) is 31.3 Å². The Morgan fingerprint density at radius 3 is 2.26 bits per heavy atom. The number of amides is 1. The van der Waals surface area contributed by atoms with E-state index in [1.54, 1.807) is 0 Å². The highest BCUT2D eigenvalue weighted by Gasteiger charge is 2.38. The summed E-state index contributed by atoms with van der Waals surface area (Å²) < 4.78 is 14.9. The number of carbonyl (C=O) groups is 2. The van der Waals surface area contributed by atoms with Gasteiger partial charge in [0.15, 0.2) is 0 Å². The molecule has 4 atom stereocenters. The van der Waals surface area contributed by atoms with E-state index >= 15 is 0 Å². The molecule has 0 bridgehead atoms. The average Bonchev–Trinajstić information content (AvgIpc) is 2.29. The van der Waals surface area contributed by atoms with E-state index in [2.05, 4.69) is 4.52 Å². The van der Waals surface area contributed by atoms with Gasteiger partial charge in [0.25, 0.3) is 0 Å². The zero-order valence-corrected chi connectivity index (χ0v) is 10.8. The number of carbonyl (C=O) groups excluding carboxylic acids is 2. The summed E-state index contributed by atoms with van der Waals surface area (Å²) in [6.07, 6.45) is -5.66. The molecule has 0 saturated carbocycles. The van der Waals surface area contributed by atoms with Gasteiger partial charge in [-0.3, -0.25) is 9.32 Å². The van der Waals surface area contributed by atoms with Gasteiger partial charge in [-0.15, -0.1) is 0 Å². The van der Waals surface area contributed by atoms with Gasteiger partial charge >= 0.3 is 7.82 Å². The molecule has 0 spiro atoms. The van der Waals surface area contributed by atoms with E-state index in [9.17, 15) is 24.4 Å². The molecule has 19 heavy (non-hydrogen) atoms. The number of aliphatic hydroxyl groups is 3. The number of aldehydes is 1. The third-order valence-corrected chi connectivity index (χ3v) is 2.57. The summed E-state index contributed by atoms with van der Waals surface area (Å²) in [7, 11) is -5.10. The largest absolute Gasteiger partial charge is 0.470 e. The first-order valence-corrected chi connectivity index (χ1v) is 6.58. The van der Waals surface area contributed by atoms with Gasteiger partial charge < -0.3 is 35.2 Å². The summed E-state index contributed by atoms with van der Waals surface area (Å²) in [5.74, 6) is -0.720. The maximum absolute atomic E-state index is 10.8. The second-order valence-corrected chi connectivity index (χ2v) is 4.86. The van der Waals surface area contributed by atoms with Gasteiger partial charge in [0.1, 0.15) is 30.6 Å². The minimum absolute atomic E-state index is 0.0784. The SMILES string of the molecule is CC(=O)N[C@H](C=O)[C@@H](OP(=O)(O)O)[C@H](O)[C@H](O)CO. The van der Waals surface area contributed by atoms with Gasteiger partial charge in [-0.25, -0.2) is 4.57 Å². The molecule has 10 nitrogen and oxygen atoms in total. The molecule has 0 radical (unpaired) electrons. The Balaban J connectivity index is 5.17. The standard InChI is InChI=1S/C8H16NO9P/c1-4(12)9-5(2-10)8(18-19(15,16)17)7(14)6(13)3-11/h2,5-8,11,13-14H,3H2,1H3,(H,9,12)(H2,15,16,17)/t5-,6-,7-,8-/m1/s1. The topological polar surface area (TPSA) is 174 Å². The Hall–Kier alpha value is -0.870. The van der Waals surface area contributed by atoms with Gasteiger partial charge in [0, 0.05) is 6.92 Å². The maximum Gasteiger partial charge on any atom is 0.470 e. The lowest BCUT2D eigenvalue weighted by molar-refractivity contribution is -0.129. The predicted molar refractivity (Wildman–Crippen MR) is 59.7 cm³/mol. The van der Waals surface area contributed by atoms with Crippen molar-refractivity contribution >= 4 is 20.0 Å².